The molecule has 14 nitrogen and oxygen atoms in total. The van der Waals surface area contributed by atoms with E-state index in [0.717, 1.165) is 4.90 Å². The number of carbonyl (C=O) groups is 4. The van der Waals surface area contributed by atoms with Gasteiger partial charge in [-0.1, -0.05) is 32.4 Å². The maximum Gasteiger partial charge on any atom is 0.411 e. The smallest absolute Gasteiger partial charge is 0.411 e. The number of halogens is 3. The molecular formula is C41H54F3N5O9S. The van der Waals surface area contributed by atoms with Gasteiger partial charge >= 0.3 is 12.3 Å². The van der Waals surface area contributed by atoms with Gasteiger partial charge in [-0.05, 0) is 108 Å². The number of hydrogen-bond donors (Lipinski definition) is 3. The Morgan fingerprint density at radius 3 is 2.47 bits per heavy atom. The molecule has 0 radical (unpaired) electrons. The van der Waals surface area contributed by atoms with E-state index in [-0.39, 0.29) is 48.9 Å². The quantitative estimate of drug-likeness (QED) is 0.242. The van der Waals surface area contributed by atoms with Crippen molar-refractivity contribution >= 4 is 44.6 Å². The fourth-order valence-electron chi connectivity index (χ4n) is 8.41. The number of aromatic nitrogens is 1. The number of sulfonamides is 1. The molecule has 6 rings (SSSR count). The van der Waals surface area contributed by atoms with Crippen LogP contribution in [0.3, 0.4) is 0 Å². The molecule has 1 aromatic carbocycles. The molecule has 2 saturated carbocycles. The van der Waals surface area contributed by atoms with Gasteiger partial charge in [-0.3, -0.25) is 24.0 Å². The van der Waals surface area contributed by atoms with Gasteiger partial charge in [0.15, 0.2) is 0 Å². The van der Waals surface area contributed by atoms with E-state index in [4.69, 9.17) is 9.47 Å². The highest BCUT2D eigenvalue weighted by atomic mass is 32.2. The number of amides is 4. The zero-order chi connectivity index (χ0) is 43.3. The molecule has 4 amide bonds. The molecule has 2 aliphatic carbocycles. The summed E-state index contributed by atoms with van der Waals surface area (Å²) in [6, 6.07) is 3.65. The first kappa shape index (κ1) is 44.0. The van der Waals surface area contributed by atoms with Crippen LogP contribution in [0, 0.1) is 17.8 Å². The van der Waals surface area contributed by atoms with Crippen LogP contribution in [-0.2, 0) is 24.4 Å². The number of fused-ring (bicyclic) bond motifs is 3. The van der Waals surface area contributed by atoms with E-state index in [0.29, 0.717) is 62.7 Å². The highest BCUT2D eigenvalue weighted by Gasteiger charge is 2.64. The van der Waals surface area contributed by atoms with Gasteiger partial charge in [0.25, 0.3) is 5.91 Å². The van der Waals surface area contributed by atoms with E-state index in [9.17, 15) is 41.1 Å². The molecule has 59 heavy (non-hydrogen) atoms. The van der Waals surface area contributed by atoms with Crippen LogP contribution in [0.25, 0.3) is 10.8 Å². The van der Waals surface area contributed by atoms with E-state index in [2.05, 4.69) is 15.0 Å². The minimum Gasteiger partial charge on any atom is -0.494 e. The van der Waals surface area contributed by atoms with E-state index < -0.39 is 85.9 Å². The average Bonchev–Trinajstić information content (AvgIpc) is 4.03. The Hall–Kier alpha value is -4.61. The summed E-state index contributed by atoms with van der Waals surface area (Å²) in [7, 11) is -4.12. The van der Waals surface area contributed by atoms with E-state index >= 15 is 4.79 Å². The van der Waals surface area contributed by atoms with Gasteiger partial charge in [0.1, 0.15) is 35.0 Å². The van der Waals surface area contributed by atoms with Crippen molar-refractivity contribution in [1.82, 2.24) is 24.8 Å². The Kier molecular flexibility index (Phi) is 12.0. The largest absolute Gasteiger partial charge is 0.494 e. The molecular weight excluding hydrogens is 796 g/mol. The highest BCUT2D eigenvalue weighted by Crippen LogP contribution is 2.48. The number of hydrogen-bond acceptors (Lipinski definition) is 9. The minimum absolute atomic E-state index is 0.0558. The van der Waals surface area contributed by atoms with Crippen LogP contribution in [0.1, 0.15) is 92.9 Å². The van der Waals surface area contributed by atoms with Crippen molar-refractivity contribution in [3.05, 3.63) is 42.6 Å². The molecule has 1 aromatic heterocycles. The van der Waals surface area contributed by atoms with E-state index in [1.165, 1.54) is 13.1 Å². The number of ether oxygens (including phenoxy) is 2. The van der Waals surface area contributed by atoms with Gasteiger partial charge in [-0.25, -0.2) is 18.2 Å². The molecule has 3 fully saturated rings. The Morgan fingerprint density at radius 1 is 1.14 bits per heavy atom. The zero-order valence-electron chi connectivity index (χ0n) is 34.2. The van der Waals surface area contributed by atoms with Gasteiger partial charge in [0, 0.05) is 23.9 Å². The number of rotatable bonds is 10. The van der Waals surface area contributed by atoms with Gasteiger partial charge in [-0.2, -0.15) is 13.2 Å². The SMILES string of the molecule is CCOc1ccc2c(O[C@@H]3C[C@H]4C(=O)N[C@]5(C(=O)NS(=O)(=O)C6(C)CC6)C[C@H]5/C=C\CC[C@@H](C)C[C@@H](CC)[C@H](N(C(=O)O)C(C)(C)C(F)(F)F)C(=O)N4C3)nccc2c1. The monoisotopic (exact) mass is 849 g/mol. The van der Waals surface area contributed by atoms with Crippen LogP contribution in [0.2, 0.25) is 0 Å². The topological polar surface area (TPSA) is 185 Å². The molecule has 324 valence electrons. The maximum atomic E-state index is 15.1. The summed E-state index contributed by atoms with van der Waals surface area (Å²) in [5.74, 6) is -3.75. The van der Waals surface area contributed by atoms with Crippen LogP contribution < -0.4 is 19.5 Å². The van der Waals surface area contributed by atoms with Crippen molar-refractivity contribution in [2.24, 2.45) is 17.8 Å². The molecule has 0 bridgehead atoms. The van der Waals surface area contributed by atoms with Crippen molar-refractivity contribution < 1.29 is 55.3 Å². The normalized spacial score (nSPS) is 29.2. The molecule has 3 heterocycles. The zero-order valence-corrected chi connectivity index (χ0v) is 35.0. The molecule has 18 heteroatoms. The fourth-order valence-corrected chi connectivity index (χ4v) is 9.72. The Labute approximate surface area is 342 Å². The summed E-state index contributed by atoms with van der Waals surface area (Å²) in [6.07, 6.45) is -1.07. The number of allylic oxidation sites excluding steroid dienone is 1. The van der Waals surface area contributed by atoms with Gasteiger partial charge < -0.3 is 24.8 Å². The second-order valence-electron chi connectivity index (χ2n) is 17.2. The van der Waals surface area contributed by atoms with Crippen LogP contribution in [0.5, 0.6) is 11.6 Å². The molecule has 4 aliphatic rings. The third-order valence-corrected chi connectivity index (χ3v) is 14.8. The van der Waals surface area contributed by atoms with Crippen LogP contribution >= 0.6 is 0 Å². The van der Waals surface area contributed by atoms with Crippen LogP contribution in [0.15, 0.2) is 42.6 Å². The number of alkyl halides is 3. The van der Waals surface area contributed by atoms with Gasteiger partial charge in [0.05, 0.1) is 17.9 Å². The lowest BCUT2D eigenvalue weighted by Crippen LogP contribution is -2.66. The van der Waals surface area contributed by atoms with Crippen LogP contribution in [0.4, 0.5) is 18.0 Å². The van der Waals surface area contributed by atoms with E-state index in [1.807, 2.05) is 19.9 Å². The van der Waals surface area contributed by atoms with Crippen molar-refractivity contribution in [2.45, 2.75) is 133 Å². The fraction of sp³-hybridized carbons (Fsp3) is 0.634. The highest BCUT2D eigenvalue weighted by molar-refractivity contribution is 7.91. The van der Waals surface area contributed by atoms with Gasteiger partial charge in [0.2, 0.25) is 27.7 Å². The number of nitrogens with zero attached hydrogens (tertiary/aromatic N) is 3. The second kappa shape index (κ2) is 16.1. The van der Waals surface area contributed by atoms with Crippen molar-refractivity contribution in [1.29, 1.82) is 0 Å². The number of nitrogens with one attached hydrogen (secondary N) is 2. The summed E-state index contributed by atoms with van der Waals surface area (Å²) in [6.45, 7) is 8.43. The molecule has 0 spiro atoms. The van der Waals surface area contributed by atoms with Crippen molar-refractivity contribution in [2.75, 3.05) is 13.2 Å². The molecule has 7 atom stereocenters. The molecule has 2 aliphatic heterocycles. The predicted molar refractivity (Wildman–Crippen MR) is 211 cm³/mol. The second-order valence-corrected chi connectivity index (χ2v) is 19.4. The Morgan fingerprint density at radius 2 is 1.85 bits per heavy atom. The van der Waals surface area contributed by atoms with Crippen molar-refractivity contribution in [3.63, 3.8) is 0 Å². The average molecular weight is 850 g/mol. The maximum absolute atomic E-state index is 15.1. The van der Waals surface area contributed by atoms with E-state index in [1.54, 1.807) is 37.3 Å². The lowest BCUT2D eigenvalue weighted by molar-refractivity contribution is -0.222. The van der Waals surface area contributed by atoms with Crippen LogP contribution in [-0.4, -0.2) is 105 Å². The summed E-state index contributed by atoms with van der Waals surface area (Å²) >= 11 is 0. The number of benzene rings is 1. The Bertz CT molecular complexity index is 2110. The first-order valence-corrected chi connectivity index (χ1v) is 21.7. The molecule has 3 N–H and O–H groups in total. The lowest BCUT2D eigenvalue weighted by atomic mass is 9.82. The number of pyridine rings is 1. The summed E-state index contributed by atoms with van der Waals surface area (Å²) in [5, 5.41) is 14.6. The Balaban J connectivity index is 1.43. The summed E-state index contributed by atoms with van der Waals surface area (Å²) < 4.78 is 83.9. The number of carbonyl (C=O) groups excluding carboxylic acids is 3. The molecule has 1 saturated heterocycles. The first-order chi connectivity index (χ1) is 27.6. The lowest BCUT2D eigenvalue weighted by Gasteiger charge is -2.46. The standard InChI is InChI=1S/C41H54F3N5O9S/c1-7-25-19-24(3)11-9-10-12-27-22-40(27,36(52)47-59(55,56)39(6)16-17-39)46-33(50)31-21-29(58-34-30-14-13-28(57-8-2)20-26(30)15-18-45-34)23-48(31)35(51)32(25)49(37(53)54)38(4,5)41(42,43)44/h10,12-15,18,20,24-25,27,29,31-32H,7-9,11,16-17,19,21-23H2,1-6H3,(H,46,50)(H,47,52)(H,53,54)/b12-10-/t24-,25-,27-,29-,31+,32+,40-/m1/s1. The molecule has 0 unspecified atom stereocenters. The first-order valence-electron chi connectivity index (χ1n) is 20.2. The number of carboxylic acid groups (broad SMARTS) is 1. The summed E-state index contributed by atoms with van der Waals surface area (Å²) in [4.78, 5) is 62.4. The van der Waals surface area contributed by atoms with Crippen molar-refractivity contribution in [3.8, 4) is 11.6 Å². The summed E-state index contributed by atoms with van der Waals surface area (Å²) in [5.41, 5.74) is -4.74. The predicted octanol–water partition coefficient (Wildman–Crippen LogP) is 5.95. The third-order valence-electron chi connectivity index (χ3n) is 12.6. The third kappa shape index (κ3) is 8.55. The molecule has 2 aromatic rings. The van der Waals surface area contributed by atoms with Gasteiger partial charge in [-0.15, -0.1) is 0 Å². The minimum atomic E-state index is -5.09.